The summed E-state index contributed by atoms with van der Waals surface area (Å²) in [5, 5.41) is 4.91. The van der Waals surface area contributed by atoms with Crippen LogP contribution in [0, 0.1) is 12.8 Å². The van der Waals surface area contributed by atoms with E-state index in [2.05, 4.69) is 27.1 Å². The van der Waals surface area contributed by atoms with E-state index in [4.69, 9.17) is 10.3 Å². The molecule has 2 aromatic heterocycles. The van der Waals surface area contributed by atoms with Crippen LogP contribution in [-0.4, -0.2) is 34.8 Å². The summed E-state index contributed by atoms with van der Waals surface area (Å²) in [6, 6.07) is 0.432. The summed E-state index contributed by atoms with van der Waals surface area (Å²) in [5.74, 6) is 1.43. The van der Waals surface area contributed by atoms with Crippen LogP contribution in [0.4, 0.5) is 5.82 Å². The van der Waals surface area contributed by atoms with E-state index in [1.54, 1.807) is 6.33 Å². The Balaban J connectivity index is 1.99. The van der Waals surface area contributed by atoms with Gasteiger partial charge in [0.2, 0.25) is 0 Å². The molecule has 108 valence electrons. The zero-order valence-corrected chi connectivity index (χ0v) is 12.0. The van der Waals surface area contributed by atoms with Crippen molar-refractivity contribution in [1.29, 1.82) is 0 Å². The fraction of sp³-hybridized carbons (Fsp3) is 0.643. The molecule has 0 saturated heterocycles. The second kappa shape index (κ2) is 5.36. The van der Waals surface area contributed by atoms with E-state index < -0.39 is 0 Å². The number of nitrogens with two attached hydrogens (primary N) is 1. The molecule has 0 amide bonds. The molecule has 20 heavy (non-hydrogen) atoms. The van der Waals surface area contributed by atoms with Crippen molar-refractivity contribution in [1.82, 2.24) is 15.1 Å². The molecule has 2 N–H and O–H groups in total. The van der Waals surface area contributed by atoms with Crippen LogP contribution in [0.25, 0.3) is 11.1 Å². The quantitative estimate of drug-likeness (QED) is 0.921. The van der Waals surface area contributed by atoms with Gasteiger partial charge in [-0.2, -0.15) is 4.98 Å². The fourth-order valence-corrected chi connectivity index (χ4v) is 3.30. The van der Waals surface area contributed by atoms with Crippen molar-refractivity contribution in [2.75, 3.05) is 18.5 Å². The predicted octanol–water partition coefficient (Wildman–Crippen LogP) is 1.88. The summed E-state index contributed by atoms with van der Waals surface area (Å²) in [6.45, 7) is 2.65. The average Bonchev–Trinajstić information content (AvgIpc) is 2.88. The molecule has 0 bridgehead atoms. The number of anilines is 1. The molecule has 2 aromatic rings. The van der Waals surface area contributed by atoms with Gasteiger partial charge in [-0.1, -0.05) is 18.0 Å². The summed E-state index contributed by atoms with van der Waals surface area (Å²) in [5.41, 5.74) is 7.33. The van der Waals surface area contributed by atoms with Crippen molar-refractivity contribution in [3.8, 4) is 0 Å². The Morgan fingerprint density at radius 3 is 2.95 bits per heavy atom. The lowest BCUT2D eigenvalue weighted by Gasteiger charge is -2.38. The van der Waals surface area contributed by atoms with Gasteiger partial charge in [0.25, 0.3) is 5.71 Å². The zero-order valence-electron chi connectivity index (χ0n) is 12.0. The highest BCUT2D eigenvalue weighted by Crippen LogP contribution is 2.33. The molecule has 1 saturated carbocycles. The summed E-state index contributed by atoms with van der Waals surface area (Å²) in [4.78, 5) is 10.8. The second-order valence-corrected chi connectivity index (χ2v) is 5.60. The normalized spacial score (nSPS) is 23.1. The van der Waals surface area contributed by atoms with Crippen molar-refractivity contribution in [2.45, 2.75) is 38.6 Å². The molecular formula is C14H21N5O. The molecule has 6 nitrogen and oxygen atoms in total. The highest BCUT2D eigenvalue weighted by molar-refractivity contribution is 5.87. The second-order valence-electron chi connectivity index (χ2n) is 5.60. The predicted molar refractivity (Wildman–Crippen MR) is 77.5 cm³/mol. The average molecular weight is 275 g/mol. The van der Waals surface area contributed by atoms with E-state index in [0.717, 1.165) is 29.9 Å². The van der Waals surface area contributed by atoms with Crippen LogP contribution in [0.1, 0.15) is 31.4 Å². The molecule has 2 heterocycles. The van der Waals surface area contributed by atoms with Gasteiger partial charge in [-0.3, -0.25) is 0 Å². The van der Waals surface area contributed by atoms with Gasteiger partial charge in [0, 0.05) is 13.1 Å². The van der Waals surface area contributed by atoms with Gasteiger partial charge >= 0.3 is 0 Å². The first-order valence-electron chi connectivity index (χ1n) is 7.22. The minimum Gasteiger partial charge on any atom is -0.356 e. The summed E-state index contributed by atoms with van der Waals surface area (Å²) in [6.07, 6.45) is 6.43. The van der Waals surface area contributed by atoms with Crippen LogP contribution in [0.3, 0.4) is 0 Å². The first-order chi connectivity index (χ1) is 9.72. The van der Waals surface area contributed by atoms with Crippen LogP contribution < -0.4 is 10.6 Å². The number of aromatic nitrogens is 3. The Kier molecular flexibility index (Phi) is 3.56. The molecule has 6 heteroatoms. The standard InChI is InChI=1S/C14H21N5O/c1-9-12-13(16-8-17-14(12)20-18-9)19(2)11-6-4-3-5-10(11)7-15/h8,10-11H,3-7,15H2,1-2H3. The van der Waals surface area contributed by atoms with Gasteiger partial charge in [-0.05, 0) is 32.2 Å². The fourth-order valence-electron chi connectivity index (χ4n) is 3.30. The lowest BCUT2D eigenvalue weighted by molar-refractivity contribution is 0.306. The Morgan fingerprint density at radius 2 is 2.15 bits per heavy atom. The van der Waals surface area contributed by atoms with Crippen molar-refractivity contribution in [2.24, 2.45) is 11.7 Å². The van der Waals surface area contributed by atoms with Gasteiger partial charge in [-0.15, -0.1) is 0 Å². The van der Waals surface area contributed by atoms with E-state index in [1.807, 2.05) is 6.92 Å². The molecule has 0 aliphatic heterocycles. The Morgan fingerprint density at radius 1 is 1.35 bits per heavy atom. The lowest BCUT2D eigenvalue weighted by Crippen LogP contribution is -2.43. The van der Waals surface area contributed by atoms with E-state index in [9.17, 15) is 0 Å². The van der Waals surface area contributed by atoms with E-state index in [1.165, 1.54) is 19.3 Å². The molecule has 0 radical (unpaired) electrons. The van der Waals surface area contributed by atoms with E-state index in [0.29, 0.717) is 17.7 Å². The van der Waals surface area contributed by atoms with Crippen molar-refractivity contribution < 1.29 is 4.52 Å². The van der Waals surface area contributed by atoms with Gasteiger partial charge in [-0.25, -0.2) is 4.98 Å². The van der Waals surface area contributed by atoms with Gasteiger partial charge < -0.3 is 15.2 Å². The third-order valence-corrected chi connectivity index (χ3v) is 4.43. The monoisotopic (exact) mass is 275 g/mol. The summed E-state index contributed by atoms with van der Waals surface area (Å²) >= 11 is 0. The topological polar surface area (TPSA) is 81.1 Å². The first kappa shape index (κ1) is 13.3. The Labute approximate surface area is 118 Å². The lowest BCUT2D eigenvalue weighted by atomic mass is 9.83. The third kappa shape index (κ3) is 2.14. The first-order valence-corrected chi connectivity index (χ1v) is 7.22. The van der Waals surface area contributed by atoms with Crippen LogP contribution in [0.15, 0.2) is 10.9 Å². The minimum atomic E-state index is 0.432. The van der Waals surface area contributed by atoms with Crippen LogP contribution in [0.2, 0.25) is 0 Å². The van der Waals surface area contributed by atoms with Crippen molar-refractivity contribution in [3.05, 3.63) is 12.0 Å². The number of nitrogens with zero attached hydrogens (tertiary/aromatic N) is 4. The number of rotatable bonds is 3. The molecule has 0 spiro atoms. The largest absolute Gasteiger partial charge is 0.356 e. The maximum Gasteiger partial charge on any atom is 0.263 e. The van der Waals surface area contributed by atoms with Gasteiger partial charge in [0.15, 0.2) is 0 Å². The zero-order chi connectivity index (χ0) is 14.1. The van der Waals surface area contributed by atoms with Crippen LogP contribution >= 0.6 is 0 Å². The van der Waals surface area contributed by atoms with Gasteiger partial charge in [0.05, 0.1) is 5.69 Å². The van der Waals surface area contributed by atoms with Crippen LogP contribution in [-0.2, 0) is 0 Å². The summed E-state index contributed by atoms with van der Waals surface area (Å²) in [7, 11) is 2.09. The SMILES string of the molecule is Cc1noc2ncnc(N(C)C3CCCCC3CN)c12. The highest BCUT2D eigenvalue weighted by Gasteiger charge is 2.29. The van der Waals surface area contributed by atoms with E-state index >= 15 is 0 Å². The van der Waals surface area contributed by atoms with Crippen molar-refractivity contribution >= 4 is 16.9 Å². The molecule has 3 rings (SSSR count). The maximum atomic E-state index is 5.94. The number of fused-ring (bicyclic) bond motifs is 1. The number of aryl methyl sites for hydroxylation is 1. The molecule has 1 aliphatic rings. The Hall–Kier alpha value is -1.69. The van der Waals surface area contributed by atoms with Gasteiger partial charge in [0.1, 0.15) is 17.5 Å². The maximum absolute atomic E-state index is 5.94. The molecule has 2 atom stereocenters. The number of hydrogen-bond acceptors (Lipinski definition) is 6. The third-order valence-electron chi connectivity index (χ3n) is 4.43. The molecule has 1 fully saturated rings. The molecule has 2 unspecified atom stereocenters. The molecular weight excluding hydrogens is 254 g/mol. The van der Waals surface area contributed by atoms with Crippen molar-refractivity contribution in [3.63, 3.8) is 0 Å². The smallest absolute Gasteiger partial charge is 0.263 e. The van der Waals surface area contributed by atoms with Crippen LogP contribution in [0.5, 0.6) is 0 Å². The molecule has 0 aromatic carbocycles. The molecule has 1 aliphatic carbocycles. The number of hydrogen-bond donors (Lipinski definition) is 1. The highest BCUT2D eigenvalue weighted by atomic mass is 16.5. The Bertz CT molecular complexity index is 596. The summed E-state index contributed by atoms with van der Waals surface area (Å²) < 4.78 is 5.23. The minimum absolute atomic E-state index is 0.432. The van der Waals surface area contributed by atoms with E-state index in [-0.39, 0.29) is 0 Å².